The lowest BCUT2D eigenvalue weighted by Crippen LogP contribution is -1.98. The van der Waals surface area contributed by atoms with Gasteiger partial charge in [-0.05, 0) is 123 Å². The van der Waals surface area contributed by atoms with Crippen LogP contribution >= 0.6 is 0 Å². The lowest BCUT2D eigenvalue weighted by atomic mass is 9.78. The average Bonchev–Trinajstić information content (AvgIpc) is 3.64. The van der Waals surface area contributed by atoms with Crippen LogP contribution in [0.5, 0.6) is 0 Å². The van der Waals surface area contributed by atoms with Crippen molar-refractivity contribution < 1.29 is 0 Å². The summed E-state index contributed by atoms with van der Waals surface area (Å²) in [5, 5.41) is 2.66. The van der Waals surface area contributed by atoms with Gasteiger partial charge in [0.15, 0.2) is 0 Å². The average molecular weight is 735 g/mol. The molecule has 10 aromatic rings. The SMILES string of the molecule is c1ccc(-c2cc(-c3cccc(-c4ccc(-c5ccc6c7c(cccc57)-c5ccccc5-6)cc4)c3)c(-c3ccccc3)c(-c3ccccc3)c2-c2ccccc2)cc1. The van der Waals surface area contributed by atoms with E-state index in [4.69, 9.17) is 0 Å². The first-order valence-corrected chi connectivity index (χ1v) is 20.1. The molecule has 0 heteroatoms. The highest BCUT2D eigenvalue weighted by atomic mass is 14.3. The normalized spacial score (nSPS) is 11.4. The molecule has 10 aromatic carbocycles. The molecule has 11 rings (SSSR count). The summed E-state index contributed by atoms with van der Waals surface area (Å²) in [6, 6.07) is 84.4. The standard InChI is InChI=1S/C58H38/c1-5-17-40(18-6-1)53-38-54(56(43-21-9-3-10-22-43)57(44-23-11-4-12-24-44)55(53)42-19-7-2-8-20-42)46-26-15-25-45(37-46)39-31-33-41(34-32-39)47-35-36-52-49-28-14-13-27-48(49)51-30-16-29-50(47)58(51)52/h1-38H. The molecule has 0 saturated heterocycles. The van der Waals surface area contributed by atoms with Crippen molar-refractivity contribution in [3.8, 4) is 100 Å². The smallest absolute Gasteiger partial charge is 0.00143 e. The van der Waals surface area contributed by atoms with E-state index in [-0.39, 0.29) is 0 Å². The van der Waals surface area contributed by atoms with Crippen molar-refractivity contribution >= 4 is 10.8 Å². The quantitative estimate of drug-likeness (QED) is 0.153. The summed E-state index contributed by atoms with van der Waals surface area (Å²) in [4.78, 5) is 0. The summed E-state index contributed by atoms with van der Waals surface area (Å²) < 4.78 is 0. The number of rotatable bonds is 7. The van der Waals surface area contributed by atoms with Gasteiger partial charge in [0.2, 0.25) is 0 Å². The van der Waals surface area contributed by atoms with E-state index in [0.717, 1.165) is 0 Å². The molecule has 0 saturated carbocycles. The molecule has 270 valence electrons. The highest BCUT2D eigenvalue weighted by molar-refractivity contribution is 6.18. The van der Waals surface area contributed by atoms with Gasteiger partial charge in [-0.15, -0.1) is 0 Å². The Morgan fingerprint density at radius 2 is 0.569 bits per heavy atom. The fraction of sp³-hybridized carbons (Fsp3) is 0. The Morgan fingerprint density at radius 1 is 0.172 bits per heavy atom. The Labute approximate surface area is 340 Å². The van der Waals surface area contributed by atoms with Gasteiger partial charge in [0.05, 0.1) is 0 Å². The molecule has 0 atom stereocenters. The van der Waals surface area contributed by atoms with Gasteiger partial charge < -0.3 is 0 Å². The van der Waals surface area contributed by atoms with Crippen LogP contribution in [0.4, 0.5) is 0 Å². The predicted molar refractivity (Wildman–Crippen MR) is 246 cm³/mol. The number of hydrogen-bond acceptors (Lipinski definition) is 0. The molecule has 0 bridgehead atoms. The summed E-state index contributed by atoms with van der Waals surface area (Å²) >= 11 is 0. The van der Waals surface area contributed by atoms with E-state index in [2.05, 4.69) is 231 Å². The first-order chi connectivity index (χ1) is 28.8. The van der Waals surface area contributed by atoms with Crippen molar-refractivity contribution in [2.24, 2.45) is 0 Å². The first kappa shape index (κ1) is 33.8. The fourth-order valence-corrected chi connectivity index (χ4v) is 9.23. The van der Waals surface area contributed by atoms with Crippen LogP contribution < -0.4 is 0 Å². The second kappa shape index (κ2) is 14.2. The third-order valence-corrected chi connectivity index (χ3v) is 11.9. The summed E-state index contributed by atoms with van der Waals surface area (Å²) in [6.45, 7) is 0. The minimum Gasteiger partial charge on any atom is -0.0622 e. The number of benzene rings is 10. The van der Waals surface area contributed by atoms with Crippen molar-refractivity contribution in [2.75, 3.05) is 0 Å². The summed E-state index contributed by atoms with van der Waals surface area (Å²) in [5.74, 6) is 0. The van der Waals surface area contributed by atoms with Gasteiger partial charge in [-0.1, -0.05) is 218 Å². The van der Waals surface area contributed by atoms with Crippen LogP contribution in [0.3, 0.4) is 0 Å². The van der Waals surface area contributed by atoms with Crippen LogP contribution in [0.25, 0.3) is 111 Å². The van der Waals surface area contributed by atoms with Crippen molar-refractivity contribution in [1.82, 2.24) is 0 Å². The molecule has 58 heavy (non-hydrogen) atoms. The topological polar surface area (TPSA) is 0 Å². The van der Waals surface area contributed by atoms with Crippen LogP contribution in [-0.4, -0.2) is 0 Å². The maximum absolute atomic E-state index is 2.43. The van der Waals surface area contributed by atoms with Crippen LogP contribution in [0.1, 0.15) is 0 Å². The minimum atomic E-state index is 1.18. The van der Waals surface area contributed by atoms with Crippen LogP contribution in [-0.2, 0) is 0 Å². The molecular formula is C58H38. The lowest BCUT2D eigenvalue weighted by molar-refractivity contribution is 1.52. The van der Waals surface area contributed by atoms with E-state index in [1.165, 1.54) is 111 Å². The van der Waals surface area contributed by atoms with Crippen LogP contribution in [0.2, 0.25) is 0 Å². The monoisotopic (exact) mass is 734 g/mol. The zero-order chi connectivity index (χ0) is 38.4. The third kappa shape index (κ3) is 5.69. The molecular weight excluding hydrogens is 697 g/mol. The van der Waals surface area contributed by atoms with Crippen LogP contribution in [0, 0.1) is 0 Å². The van der Waals surface area contributed by atoms with Gasteiger partial charge in [-0.25, -0.2) is 0 Å². The largest absolute Gasteiger partial charge is 0.0622 e. The van der Waals surface area contributed by atoms with E-state index in [1.807, 2.05) is 0 Å². The van der Waals surface area contributed by atoms with Crippen molar-refractivity contribution in [3.05, 3.63) is 231 Å². The Kier molecular flexibility index (Phi) is 8.26. The molecule has 0 heterocycles. The second-order valence-electron chi connectivity index (χ2n) is 15.2. The second-order valence-corrected chi connectivity index (χ2v) is 15.2. The van der Waals surface area contributed by atoms with E-state index in [9.17, 15) is 0 Å². The maximum atomic E-state index is 2.43. The molecule has 0 unspecified atom stereocenters. The van der Waals surface area contributed by atoms with Gasteiger partial charge in [0, 0.05) is 0 Å². The summed E-state index contributed by atoms with van der Waals surface area (Å²) in [6.07, 6.45) is 0. The van der Waals surface area contributed by atoms with E-state index < -0.39 is 0 Å². The predicted octanol–water partition coefficient (Wildman–Crippen LogP) is 16.2. The molecule has 0 fully saturated rings. The van der Waals surface area contributed by atoms with Gasteiger partial charge in [-0.3, -0.25) is 0 Å². The molecule has 0 aliphatic heterocycles. The van der Waals surface area contributed by atoms with Gasteiger partial charge in [-0.2, -0.15) is 0 Å². The third-order valence-electron chi connectivity index (χ3n) is 11.9. The Hall–Kier alpha value is -7.54. The number of hydrogen-bond donors (Lipinski definition) is 0. The molecule has 0 nitrogen and oxygen atoms in total. The Bertz CT molecular complexity index is 3080. The van der Waals surface area contributed by atoms with E-state index in [0.29, 0.717) is 0 Å². The molecule has 0 amide bonds. The number of fused-ring (bicyclic) bond motifs is 3. The molecule has 0 N–H and O–H groups in total. The fourth-order valence-electron chi connectivity index (χ4n) is 9.23. The zero-order valence-corrected chi connectivity index (χ0v) is 31.9. The Morgan fingerprint density at radius 3 is 1.17 bits per heavy atom. The summed E-state index contributed by atoms with van der Waals surface area (Å²) in [7, 11) is 0. The highest BCUT2D eigenvalue weighted by Gasteiger charge is 2.25. The molecule has 0 aromatic heterocycles. The van der Waals surface area contributed by atoms with Gasteiger partial charge in [0.25, 0.3) is 0 Å². The molecule has 0 radical (unpaired) electrons. The van der Waals surface area contributed by atoms with Crippen LogP contribution in [0.15, 0.2) is 231 Å². The maximum Gasteiger partial charge on any atom is -0.00143 e. The Balaban J connectivity index is 1.09. The van der Waals surface area contributed by atoms with Crippen molar-refractivity contribution in [3.63, 3.8) is 0 Å². The van der Waals surface area contributed by atoms with Gasteiger partial charge in [0.1, 0.15) is 0 Å². The van der Waals surface area contributed by atoms with Gasteiger partial charge >= 0.3 is 0 Å². The van der Waals surface area contributed by atoms with Crippen molar-refractivity contribution in [2.45, 2.75) is 0 Å². The van der Waals surface area contributed by atoms with E-state index in [1.54, 1.807) is 0 Å². The summed E-state index contributed by atoms with van der Waals surface area (Å²) in [5.41, 5.74) is 22.3. The first-order valence-electron chi connectivity index (χ1n) is 20.1. The highest BCUT2D eigenvalue weighted by Crippen LogP contribution is 2.51. The lowest BCUT2D eigenvalue weighted by Gasteiger charge is -2.24. The minimum absolute atomic E-state index is 1.18. The van der Waals surface area contributed by atoms with E-state index >= 15 is 0 Å². The zero-order valence-electron chi connectivity index (χ0n) is 31.9. The molecule has 0 spiro atoms. The van der Waals surface area contributed by atoms with Crippen molar-refractivity contribution in [1.29, 1.82) is 0 Å². The molecule has 1 aliphatic carbocycles. The molecule has 1 aliphatic rings.